The number of methoxy groups -OCH3 is 1. The molecular formula is C26H23N3O3. The predicted molar refractivity (Wildman–Crippen MR) is 126 cm³/mol. The topological polar surface area (TPSA) is 72.7 Å². The molecule has 4 aromatic rings. The molecule has 0 aliphatic carbocycles. The SMILES string of the molecule is COC(=O)c1ccc(-n2c(C)cc(/C=N\NC(=O)c3ccc4ccccc4c3)c2C)cc1. The van der Waals surface area contributed by atoms with Crippen molar-refractivity contribution in [1.82, 2.24) is 9.99 Å². The number of fused-ring (bicyclic) bond motifs is 1. The first-order chi connectivity index (χ1) is 15.5. The molecule has 0 aliphatic rings. The Balaban J connectivity index is 1.51. The second-order valence-corrected chi connectivity index (χ2v) is 7.46. The number of benzene rings is 3. The van der Waals surface area contributed by atoms with Gasteiger partial charge >= 0.3 is 5.97 Å². The summed E-state index contributed by atoms with van der Waals surface area (Å²) in [6.45, 7) is 3.97. The van der Waals surface area contributed by atoms with Gasteiger partial charge in [-0.3, -0.25) is 4.79 Å². The molecule has 32 heavy (non-hydrogen) atoms. The molecule has 0 saturated heterocycles. The molecule has 6 heteroatoms. The van der Waals surface area contributed by atoms with Gasteiger partial charge in [0.15, 0.2) is 0 Å². The fourth-order valence-corrected chi connectivity index (χ4v) is 3.74. The van der Waals surface area contributed by atoms with Gasteiger partial charge in [0.05, 0.1) is 18.9 Å². The summed E-state index contributed by atoms with van der Waals surface area (Å²) in [6, 6.07) is 22.7. The quantitative estimate of drug-likeness (QED) is 0.284. The Hall–Kier alpha value is -4.19. The van der Waals surface area contributed by atoms with E-state index < -0.39 is 0 Å². The molecule has 160 valence electrons. The van der Waals surface area contributed by atoms with Crippen LogP contribution in [0, 0.1) is 13.8 Å². The van der Waals surface area contributed by atoms with Crippen LogP contribution in [-0.2, 0) is 4.74 Å². The highest BCUT2D eigenvalue weighted by atomic mass is 16.5. The molecule has 1 amide bonds. The minimum atomic E-state index is -0.368. The largest absolute Gasteiger partial charge is 0.465 e. The number of amides is 1. The average Bonchev–Trinajstić information content (AvgIpc) is 3.11. The minimum absolute atomic E-state index is 0.265. The zero-order valence-corrected chi connectivity index (χ0v) is 18.1. The van der Waals surface area contributed by atoms with Crippen LogP contribution in [0.2, 0.25) is 0 Å². The molecule has 0 bridgehead atoms. The molecule has 0 unspecified atom stereocenters. The zero-order chi connectivity index (χ0) is 22.7. The van der Waals surface area contributed by atoms with Crippen molar-refractivity contribution in [2.24, 2.45) is 5.10 Å². The Bertz CT molecular complexity index is 1330. The smallest absolute Gasteiger partial charge is 0.337 e. The molecule has 0 saturated carbocycles. The van der Waals surface area contributed by atoms with Crippen LogP contribution in [0.4, 0.5) is 0 Å². The molecule has 0 radical (unpaired) electrons. The van der Waals surface area contributed by atoms with Crippen molar-refractivity contribution < 1.29 is 14.3 Å². The van der Waals surface area contributed by atoms with Crippen LogP contribution in [-0.4, -0.2) is 29.8 Å². The average molecular weight is 425 g/mol. The van der Waals surface area contributed by atoms with Crippen molar-refractivity contribution in [2.75, 3.05) is 7.11 Å². The number of hydrogen-bond donors (Lipinski definition) is 1. The fourth-order valence-electron chi connectivity index (χ4n) is 3.74. The van der Waals surface area contributed by atoms with Gasteiger partial charge in [0.25, 0.3) is 5.91 Å². The van der Waals surface area contributed by atoms with Gasteiger partial charge < -0.3 is 9.30 Å². The molecule has 6 nitrogen and oxygen atoms in total. The summed E-state index contributed by atoms with van der Waals surface area (Å²) < 4.78 is 6.82. The first-order valence-corrected chi connectivity index (χ1v) is 10.2. The van der Waals surface area contributed by atoms with Crippen LogP contribution in [0.5, 0.6) is 0 Å². The van der Waals surface area contributed by atoms with Gasteiger partial charge in [0, 0.05) is 28.2 Å². The van der Waals surface area contributed by atoms with Crippen molar-refractivity contribution in [2.45, 2.75) is 13.8 Å². The highest BCUT2D eigenvalue weighted by Gasteiger charge is 2.11. The van der Waals surface area contributed by atoms with Crippen molar-refractivity contribution in [3.8, 4) is 5.69 Å². The Morgan fingerprint density at radius 3 is 2.31 bits per heavy atom. The Kier molecular flexibility index (Phi) is 5.85. The van der Waals surface area contributed by atoms with Crippen LogP contribution in [0.25, 0.3) is 16.5 Å². The molecule has 0 spiro atoms. The lowest BCUT2D eigenvalue weighted by Crippen LogP contribution is -2.17. The van der Waals surface area contributed by atoms with Crippen molar-refractivity contribution in [3.05, 3.63) is 101 Å². The molecule has 1 N–H and O–H groups in total. The number of carbonyl (C=O) groups excluding carboxylic acids is 2. The van der Waals surface area contributed by atoms with Crippen LogP contribution in [0.1, 0.15) is 37.7 Å². The van der Waals surface area contributed by atoms with E-state index in [9.17, 15) is 9.59 Å². The van der Waals surface area contributed by atoms with E-state index in [2.05, 4.69) is 15.1 Å². The summed E-state index contributed by atoms with van der Waals surface area (Å²) in [4.78, 5) is 24.2. The van der Waals surface area contributed by atoms with E-state index >= 15 is 0 Å². The number of hydrazone groups is 1. The highest BCUT2D eigenvalue weighted by Crippen LogP contribution is 2.20. The minimum Gasteiger partial charge on any atom is -0.465 e. The van der Waals surface area contributed by atoms with Gasteiger partial charge in [-0.25, -0.2) is 10.2 Å². The summed E-state index contributed by atoms with van der Waals surface area (Å²) in [7, 11) is 1.36. The van der Waals surface area contributed by atoms with Crippen molar-refractivity contribution in [1.29, 1.82) is 0 Å². The first-order valence-electron chi connectivity index (χ1n) is 10.2. The lowest BCUT2D eigenvalue weighted by molar-refractivity contribution is 0.0600. The van der Waals surface area contributed by atoms with Gasteiger partial charge in [0.1, 0.15) is 0 Å². The molecular weight excluding hydrogens is 402 g/mol. The molecule has 4 rings (SSSR count). The summed E-state index contributed by atoms with van der Waals surface area (Å²) in [6.07, 6.45) is 1.64. The molecule has 0 aliphatic heterocycles. The monoisotopic (exact) mass is 425 g/mol. The third-order valence-corrected chi connectivity index (χ3v) is 5.40. The van der Waals surface area contributed by atoms with Crippen LogP contribution in [0.3, 0.4) is 0 Å². The first kappa shape index (κ1) is 21.1. The number of hydrogen-bond acceptors (Lipinski definition) is 4. The van der Waals surface area contributed by atoms with E-state index in [1.165, 1.54) is 7.11 Å². The second-order valence-electron chi connectivity index (χ2n) is 7.46. The van der Waals surface area contributed by atoms with Crippen LogP contribution in [0.15, 0.2) is 77.9 Å². The summed E-state index contributed by atoms with van der Waals surface area (Å²) >= 11 is 0. The number of ether oxygens (including phenoxy) is 1. The maximum Gasteiger partial charge on any atom is 0.337 e. The van der Waals surface area contributed by atoms with Gasteiger partial charge in [0.2, 0.25) is 0 Å². The van der Waals surface area contributed by atoms with Crippen LogP contribution < -0.4 is 5.43 Å². The van der Waals surface area contributed by atoms with Gasteiger partial charge in [-0.15, -0.1) is 0 Å². The van der Waals surface area contributed by atoms with Crippen molar-refractivity contribution in [3.63, 3.8) is 0 Å². The maximum atomic E-state index is 12.5. The van der Waals surface area contributed by atoms with E-state index in [1.54, 1.807) is 24.4 Å². The number of aryl methyl sites for hydroxylation is 1. The van der Waals surface area contributed by atoms with Crippen molar-refractivity contribution >= 4 is 28.9 Å². The van der Waals surface area contributed by atoms with E-state index in [4.69, 9.17) is 4.74 Å². The number of esters is 1. The predicted octanol–water partition coefficient (Wildman–Crippen LogP) is 4.80. The van der Waals surface area contributed by atoms with E-state index in [1.807, 2.05) is 68.4 Å². The normalized spacial score (nSPS) is 11.1. The highest BCUT2D eigenvalue weighted by molar-refractivity contribution is 5.99. The summed E-state index contributed by atoms with van der Waals surface area (Å²) in [5, 5.41) is 6.24. The number of carbonyl (C=O) groups is 2. The van der Waals surface area contributed by atoms with E-state index in [0.29, 0.717) is 11.1 Å². The number of nitrogens with zero attached hydrogens (tertiary/aromatic N) is 2. The van der Waals surface area contributed by atoms with E-state index in [0.717, 1.165) is 33.4 Å². The third-order valence-electron chi connectivity index (χ3n) is 5.40. The molecule has 1 heterocycles. The fraction of sp³-hybridized carbons (Fsp3) is 0.115. The van der Waals surface area contributed by atoms with E-state index in [-0.39, 0.29) is 11.9 Å². The number of aromatic nitrogens is 1. The second kappa shape index (κ2) is 8.89. The Morgan fingerprint density at radius 1 is 0.906 bits per heavy atom. The third kappa shape index (κ3) is 4.16. The van der Waals surface area contributed by atoms with Gasteiger partial charge in [-0.2, -0.15) is 5.10 Å². The Morgan fingerprint density at radius 2 is 1.59 bits per heavy atom. The lowest BCUT2D eigenvalue weighted by atomic mass is 10.1. The van der Waals surface area contributed by atoms with Crippen LogP contribution >= 0.6 is 0 Å². The lowest BCUT2D eigenvalue weighted by Gasteiger charge is -2.10. The maximum absolute atomic E-state index is 12.5. The summed E-state index contributed by atoms with van der Waals surface area (Å²) in [5.74, 6) is -0.633. The summed E-state index contributed by atoms with van der Waals surface area (Å²) in [5.41, 5.74) is 7.44. The molecule has 0 fully saturated rings. The standard InChI is InChI=1S/C26H23N3O3/c1-17-14-23(18(2)29(17)24-12-10-20(11-13-24)26(31)32-3)16-27-28-25(30)22-9-8-19-6-4-5-7-21(19)15-22/h4-16H,1-3H3,(H,28,30)/b27-16-. The number of rotatable bonds is 5. The zero-order valence-electron chi connectivity index (χ0n) is 18.1. The molecule has 1 aromatic heterocycles. The Labute approximate surface area is 186 Å². The van der Waals surface area contributed by atoms with Gasteiger partial charge in [-0.1, -0.05) is 30.3 Å². The number of nitrogens with one attached hydrogen (secondary N) is 1. The molecule has 0 atom stereocenters. The van der Waals surface area contributed by atoms with Gasteiger partial charge in [-0.05, 0) is 67.1 Å². The molecule has 3 aromatic carbocycles.